The Labute approximate surface area is 111 Å². The second kappa shape index (κ2) is 6.02. The van der Waals surface area contributed by atoms with Gasteiger partial charge in [0.2, 0.25) is 0 Å². The molecule has 0 aromatic heterocycles. The Kier molecular flexibility index (Phi) is 4.93. The standard InChI is InChI=1S/C16H24N2/c1-7-14(10-17)16(18(5)6)15-12(3)8-11(2)9-13(15)4/h8-9,14,16H,7H2,1-6H3. The second-order valence-corrected chi connectivity index (χ2v) is 5.36. The van der Waals surface area contributed by atoms with Gasteiger partial charge in [-0.3, -0.25) is 0 Å². The van der Waals surface area contributed by atoms with E-state index in [0.717, 1.165) is 6.42 Å². The lowest BCUT2D eigenvalue weighted by Gasteiger charge is -2.31. The van der Waals surface area contributed by atoms with Crippen LogP contribution < -0.4 is 0 Å². The van der Waals surface area contributed by atoms with Gasteiger partial charge in [-0.1, -0.05) is 24.6 Å². The number of aryl methyl sites for hydroxylation is 3. The molecule has 2 unspecified atom stereocenters. The van der Waals surface area contributed by atoms with Crippen molar-refractivity contribution in [2.24, 2.45) is 5.92 Å². The maximum absolute atomic E-state index is 9.37. The Balaban J connectivity index is 3.36. The summed E-state index contributed by atoms with van der Waals surface area (Å²) in [6, 6.07) is 7.06. The molecule has 0 heterocycles. The van der Waals surface area contributed by atoms with E-state index in [1.807, 2.05) is 0 Å². The van der Waals surface area contributed by atoms with Crippen LogP contribution in [0.5, 0.6) is 0 Å². The van der Waals surface area contributed by atoms with Crippen molar-refractivity contribution in [3.63, 3.8) is 0 Å². The van der Waals surface area contributed by atoms with Crippen molar-refractivity contribution in [3.8, 4) is 6.07 Å². The van der Waals surface area contributed by atoms with Crippen molar-refractivity contribution >= 4 is 0 Å². The summed E-state index contributed by atoms with van der Waals surface area (Å²) < 4.78 is 0. The Bertz CT molecular complexity index is 432. The molecule has 2 atom stereocenters. The highest BCUT2D eigenvalue weighted by Crippen LogP contribution is 2.33. The fourth-order valence-corrected chi connectivity index (χ4v) is 2.86. The number of hydrogen-bond acceptors (Lipinski definition) is 2. The first-order valence-electron chi connectivity index (χ1n) is 6.56. The molecule has 0 aliphatic carbocycles. The Morgan fingerprint density at radius 2 is 1.67 bits per heavy atom. The van der Waals surface area contributed by atoms with Gasteiger partial charge in [0.05, 0.1) is 18.0 Å². The maximum atomic E-state index is 9.37. The molecule has 0 spiro atoms. The number of nitriles is 1. The van der Waals surface area contributed by atoms with Crippen LogP contribution in [-0.4, -0.2) is 19.0 Å². The van der Waals surface area contributed by atoms with Crippen LogP contribution in [0.2, 0.25) is 0 Å². The number of hydrogen-bond donors (Lipinski definition) is 0. The monoisotopic (exact) mass is 244 g/mol. The lowest BCUT2D eigenvalue weighted by molar-refractivity contribution is 0.239. The van der Waals surface area contributed by atoms with Crippen LogP contribution >= 0.6 is 0 Å². The molecule has 0 fully saturated rings. The molecular formula is C16H24N2. The molecule has 0 aliphatic heterocycles. The summed E-state index contributed by atoms with van der Waals surface area (Å²) in [5.74, 6) is 0.0418. The lowest BCUT2D eigenvalue weighted by atomic mass is 9.85. The Morgan fingerprint density at radius 1 is 1.17 bits per heavy atom. The number of nitrogens with zero attached hydrogens (tertiary/aromatic N) is 2. The molecule has 1 rings (SSSR count). The summed E-state index contributed by atoms with van der Waals surface area (Å²) in [7, 11) is 4.12. The van der Waals surface area contributed by atoms with Crippen molar-refractivity contribution in [2.75, 3.05) is 14.1 Å². The highest BCUT2D eigenvalue weighted by atomic mass is 15.1. The molecule has 2 heteroatoms. The fourth-order valence-electron chi connectivity index (χ4n) is 2.86. The molecule has 0 saturated carbocycles. The lowest BCUT2D eigenvalue weighted by Crippen LogP contribution is -2.28. The number of rotatable bonds is 4. The summed E-state index contributed by atoms with van der Waals surface area (Å²) >= 11 is 0. The van der Waals surface area contributed by atoms with E-state index in [-0.39, 0.29) is 12.0 Å². The first-order valence-corrected chi connectivity index (χ1v) is 6.56. The molecule has 0 saturated heterocycles. The predicted molar refractivity (Wildman–Crippen MR) is 76.5 cm³/mol. The molecule has 0 radical (unpaired) electrons. The molecule has 0 bridgehead atoms. The average molecular weight is 244 g/mol. The minimum Gasteiger partial charge on any atom is -0.301 e. The zero-order chi connectivity index (χ0) is 13.9. The first kappa shape index (κ1) is 14.7. The van der Waals surface area contributed by atoms with Gasteiger partial charge < -0.3 is 4.90 Å². The van der Waals surface area contributed by atoms with Crippen LogP contribution in [0.15, 0.2) is 12.1 Å². The molecular weight excluding hydrogens is 220 g/mol. The third-order valence-electron chi connectivity index (χ3n) is 3.58. The van der Waals surface area contributed by atoms with Crippen molar-refractivity contribution in [3.05, 3.63) is 34.4 Å². The third-order valence-corrected chi connectivity index (χ3v) is 3.58. The highest BCUT2D eigenvalue weighted by Gasteiger charge is 2.26. The van der Waals surface area contributed by atoms with Crippen LogP contribution in [0.1, 0.15) is 41.6 Å². The van der Waals surface area contributed by atoms with E-state index in [2.05, 4.69) is 64.9 Å². The summed E-state index contributed by atoms with van der Waals surface area (Å²) in [6.07, 6.45) is 0.881. The highest BCUT2D eigenvalue weighted by molar-refractivity contribution is 5.40. The topological polar surface area (TPSA) is 27.0 Å². The van der Waals surface area contributed by atoms with Crippen molar-refractivity contribution in [1.29, 1.82) is 5.26 Å². The molecule has 1 aromatic carbocycles. The zero-order valence-electron chi connectivity index (χ0n) is 12.4. The van der Waals surface area contributed by atoms with Gasteiger partial charge in [-0.05, 0) is 58.0 Å². The van der Waals surface area contributed by atoms with Crippen molar-refractivity contribution in [2.45, 2.75) is 40.2 Å². The minimum absolute atomic E-state index is 0.0418. The van der Waals surface area contributed by atoms with Gasteiger partial charge in [0.15, 0.2) is 0 Å². The van der Waals surface area contributed by atoms with Gasteiger partial charge in [0, 0.05) is 0 Å². The normalized spacial score (nSPS) is 14.3. The van der Waals surface area contributed by atoms with E-state index in [4.69, 9.17) is 0 Å². The van der Waals surface area contributed by atoms with E-state index < -0.39 is 0 Å². The van der Waals surface area contributed by atoms with Gasteiger partial charge in [0.1, 0.15) is 0 Å². The molecule has 0 amide bonds. The van der Waals surface area contributed by atoms with E-state index in [0.29, 0.717) is 0 Å². The van der Waals surface area contributed by atoms with Crippen LogP contribution in [0.4, 0.5) is 0 Å². The van der Waals surface area contributed by atoms with Crippen LogP contribution in [0.25, 0.3) is 0 Å². The quantitative estimate of drug-likeness (QED) is 0.806. The predicted octanol–water partition coefficient (Wildman–Crippen LogP) is 3.76. The van der Waals surface area contributed by atoms with Crippen LogP contribution in [-0.2, 0) is 0 Å². The van der Waals surface area contributed by atoms with E-state index in [1.54, 1.807) is 0 Å². The average Bonchev–Trinajstić information content (AvgIpc) is 2.26. The van der Waals surface area contributed by atoms with Gasteiger partial charge in [-0.15, -0.1) is 0 Å². The fraction of sp³-hybridized carbons (Fsp3) is 0.562. The summed E-state index contributed by atoms with van der Waals surface area (Å²) in [5.41, 5.74) is 5.19. The minimum atomic E-state index is 0.0418. The second-order valence-electron chi connectivity index (χ2n) is 5.36. The van der Waals surface area contributed by atoms with Crippen molar-refractivity contribution < 1.29 is 0 Å². The van der Waals surface area contributed by atoms with Gasteiger partial charge >= 0.3 is 0 Å². The SMILES string of the molecule is CCC(C#N)C(c1c(C)cc(C)cc1C)N(C)C. The van der Waals surface area contributed by atoms with E-state index in [1.165, 1.54) is 22.3 Å². The van der Waals surface area contributed by atoms with Gasteiger partial charge in [-0.25, -0.2) is 0 Å². The summed E-state index contributed by atoms with van der Waals surface area (Å²) in [6.45, 7) is 8.51. The van der Waals surface area contributed by atoms with Gasteiger partial charge in [0.25, 0.3) is 0 Å². The number of benzene rings is 1. The van der Waals surface area contributed by atoms with E-state index >= 15 is 0 Å². The van der Waals surface area contributed by atoms with Gasteiger partial charge in [-0.2, -0.15) is 5.26 Å². The smallest absolute Gasteiger partial charge is 0.0675 e. The first-order chi connectivity index (χ1) is 8.42. The molecule has 98 valence electrons. The Hall–Kier alpha value is -1.33. The summed E-state index contributed by atoms with van der Waals surface area (Å²) in [4.78, 5) is 2.17. The molecule has 0 N–H and O–H groups in total. The molecule has 0 aliphatic rings. The maximum Gasteiger partial charge on any atom is 0.0675 e. The zero-order valence-corrected chi connectivity index (χ0v) is 12.4. The Morgan fingerprint density at radius 3 is 2.00 bits per heavy atom. The molecule has 1 aromatic rings. The molecule has 2 nitrogen and oxygen atoms in total. The largest absolute Gasteiger partial charge is 0.301 e. The summed E-state index contributed by atoms with van der Waals surface area (Å²) in [5, 5.41) is 9.37. The van der Waals surface area contributed by atoms with Crippen molar-refractivity contribution in [1.82, 2.24) is 4.90 Å². The molecule has 18 heavy (non-hydrogen) atoms. The third kappa shape index (κ3) is 2.91. The van der Waals surface area contributed by atoms with Crippen LogP contribution in [0.3, 0.4) is 0 Å². The van der Waals surface area contributed by atoms with Crippen LogP contribution in [0, 0.1) is 38.0 Å². The van der Waals surface area contributed by atoms with E-state index in [9.17, 15) is 5.26 Å².